The lowest BCUT2D eigenvalue weighted by Crippen LogP contribution is -2.18. The summed E-state index contributed by atoms with van der Waals surface area (Å²) in [5, 5.41) is 0. The van der Waals surface area contributed by atoms with E-state index in [4.69, 9.17) is 5.73 Å². The average molecular weight is 201 g/mol. The SMILES string of the molecule is Nc1nc2ccccc2n1C(F)(F)F. The third-order valence-electron chi connectivity index (χ3n) is 1.84. The first-order valence-corrected chi connectivity index (χ1v) is 3.80. The van der Waals surface area contributed by atoms with Crippen LogP contribution in [0.3, 0.4) is 0 Å². The lowest BCUT2D eigenvalue weighted by atomic mass is 10.3. The van der Waals surface area contributed by atoms with Crippen molar-refractivity contribution in [3.05, 3.63) is 24.3 Å². The third-order valence-corrected chi connectivity index (χ3v) is 1.84. The van der Waals surface area contributed by atoms with Crippen LogP contribution in [-0.2, 0) is 6.30 Å². The lowest BCUT2D eigenvalue weighted by molar-refractivity contribution is -0.199. The molecule has 1 heterocycles. The van der Waals surface area contributed by atoms with Gasteiger partial charge in [0.25, 0.3) is 0 Å². The maximum atomic E-state index is 12.5. The van der Waals surface area contributed by atoms with Gasteiger partial charge in [0.2, 0.25) is 5.95 Å². The van der Waals surface area contributed by atoms with Crippen LogP contribution >= 0.6 is 0 Å². The second kappa shape index (κ2) is 2.63. The molecule has 1 aromatic carbocycles. The fourth-order valence-corrected chi connectivity index (χ4v) is 1.31. The van der Waals surface area contributed by atoms with Gasteiger partial charge in [-0.2, -0.15) is 0 Å². The number of imidazole rings is 1. The van der Waals surface area contributed by atoms with Crippen LogP contribution in [0.5, 0.6) is 0 Å². The van der Waals surface area contributed by atoms with Gasteiger partial charge >= 0.3 is 6.30 Å². The topological polar surface area (TPSA) is 43.8 Å². The number of para-hydroxylation sites is 2. The number of aromatic nitrogens is 2. The molecule has 2 aromatic rings. The van der Waals surface area contributed by atoms with Gasteiger partial charge in [0.15, 0.2) is 0 Å². The van der Waals surface area contributed by atoms with Crippen LogP contribution in [0.2, 0.25) is 0 Å². The minimum absolute atomic E-state index is 0.0301. The standard InChI is InChI=1S/C8H6F3N3/c9-8(10,11)14-6-4-2-1-3-5(6)13-7(14)12/h1-4H,(H2,12,13). The maximum absolute atomic E-state index is 12.5. The zero-order valence-electron chi connectivity index (χ0n) is 6.92. The molecular formula is C8H6F3N3. The first kappa shape index (κ1) is 8.86. The summed E-state index contributed by atoms with van der Waals surface area (Å²) in [4.78, 5) is 3.60. The van der Waals surface area contributed by atoms with Gasteiger partial charge in [0, 0.05) is 0 Å². The van der Waals surface area contributed by atoms with Crippen LogP contribution in [-0.4, -0.2) is 9.55 Å². The molecule has 0 saturated heterocycles. The Morgan fingerprint density at radius 2 is 1.86 bits per heavy atom. The zero-order valence-corrected chi connectivity index (χ0v) is 6.92. The molecule has 2 N–H and O–H groups in total. The third kappa shape index (κ3) is 1.19. The number of nitrogen functional groups attached to an aromatic ring is 1. The van der Waals surface area contributed by atoms with Crippen LogP contribution < -0.4 is 5.73 Å². The predicted molar refractivity (Wildman–Crippen MR) is 45.4 cm³/mol. The van der Waals surface area contributed by atoms with Crippen molar-refractivity contribution in [3.63, 3.8) is 0 Å². The molecule has 0 spiro atoms. The molecular weight excluding hydrogens is 195 g/mol. The molecule has 0 aliphatic rings. The van der Waals surface area contributed by atoms with Crippen molar-refractivity contribution < 1.29 is 13.2 Å². The molecule has 0 aliphatic carbocycles. The van der Waals surface area contributed by atoms with E-state index in [-0.39, 0.29) is 15.6 Å². The summed E-state index contributed by atoms with van der Waals surface area (Å²) in [5.41, 5.74) is 5.38. The molecule has 0 radical (unpaired) electrons. The summed E-state index contributed by atoms with van der Waals surface area (Å²) in [6, 6.07) is 5.92. The van der Waals surface area contributed by atoms with Gasteiger partial charge in [-0.3, -0.25) is 0 Å². The number of nitrogens with two attached hydrogens (primary N) is 1. The maximum Gasteiger partial charge on any atom is 0.491 e. The van der Waals surface area contributed by atoms with Crippen molar-refractivity contribution in [1.29, 1.82) is 0 Å². The van der Waals surface area contributed by atoms with Crippen molar-refractivity contribution in [1.82, 2.24) is 9.55 Å². The molecule has 0 amide bonds. The number of nitrogens with zero attached hydrogens (tertiary/aromatic N) is 2. The highest BCUT2D eigenvalue weighted by Gasteiger charge is 2.34. The Kier molecular flexibility index (Phi) is 1.67. The Bertz CT molecular complexity index is 472. The number of anilines is 1. The highest BCUT2D eigenvalue weighted by molar-refractivity contribution is 5.78. The van der Waals surface area contributed by atoms with Crippen LogP contribution in [0.25, 0.3) is 11.0 Å². The molecule has 6 heteroatoms. The summed E-state index contributed by atoms with van der Waals surface area (Å²) in [7, 11) is 0. The van der Waals surface area contributed by atoms with Crippen molar-refractivity contribution >= 4 is 17.0 Å². The monoisotopic (exact) mass is 201 g/mol. The fraction of sp³-hybridized carbons (Fsp3) is 0.125. The Hall–Kier alpha value is -1.72. The van der Waals surface area contributed by atoms with Crippen LogP contribution in [0.4, 0.5) is 19.1 Å². The van der Waals surface area contributed by atoms with Gasteiger partial charge < -0.3 is 5.73 Å². The molecule has 0 atom stereocenters. The average Bonchev–Trinajstić information content (AvgIpc) is 2.38. The Balaban J connectivity index is 2.81. The van der Waals surface area contributed by atoms with E-state index in [2.05, 4.69) is 4.98 Å². The quantitative estimate of drug-likeness (QED) is 0.709. The van der Waals surface area contributed by atoms with E-state index in [0.29, 0.717) is 0 Å². The highest BCUT2D eigenvalue weighted by atomic mass is 19.4. The van der Waals surface area contributed by atoms with Crippen molar-refractivity contribution in [3.8, 4) is 0 Å². The van der Waals surface area contributed by atoms with Gasteiger partial charge in [-0.05, 0) is 12.1 Å². The van der Waals surface area contributed by atoms with E-state index < -0.39 is 12.2 Å². The van der Waals surface area contributed by atoms with Gasteiger partial charge in [0.1, 0.15) is 0 Å². The second-order valence-corrected chi connectivity index (χ2v) is 2.76. The normalized spacial score (nSPS) is 12.2. The molecule has 2 rings (SSSR count). The van der Waals surface area contributed by atoms with Gasteiger partial charge in [0.05, 0.1) is 11.0 Å². The number of benzene rings is 1. The van der Waals surface area contributed by atoms with E-state index >= 15 is 0 Å². The van der Waals surface area contributed by atoms with E-state index in [0.717, 1.165) is 0 Å². The molecule has 0 fully saturated rings. The summed E-state index contributed by atoms with van der Waals surface area (Å²) in [6.45, 7) is 0. The Morgan fingerprint density at radius 1 is 1.21 bits per heavy atom. The number of rotatable bonds is 0. The van der Waals surface area contributed by atoms with E-state index in [1.54, 1.807) is 6.07 Å². The summed E-state index contributed by atoms with van der Waals surface area (Å²) in [6.07, 6.45) is -4.53. The molecule has 0 bridgehead atoms. The van der Waals surface area contributed by atoms with Gasteiger partial charge in [-0.25, -0.2) is 9.55 Å². The fourth-order valence-electron chi connectivity index (χ4n) is 1.31. The molecule has 0 saturated carbocycles. The molecule has 3 nitrogen and oxygen atoms in total. The minimum atomic E-state index is -4.53. The minimum Gasteiger partial charge on any atom is -0.369 e. The zero-order chi connectivity index (χ0) is 10.3. The second-order valence-electron chi connectivity index (χ2n) is 2.76. The van der Waals surface area contributed by atoms with Gasteiger partial charge in [-0.15, -0.1) is 13.2 Å². The first-order chi connectivity index (χ1) is 6.50. The van der Waals surface area contributed by atoms with Crippen molar-refractivity contribution in [2.45, 2.75) is 6.30 Å². The summed E-state index contributed by atoms with van der Waals surface area (Å²) in [5.74, 6) is -0.543. The largest absolute Gasteiger partial charge is 0.491 e. The number of hydrogen-bond acceptors (Lipinski definition) is 2. The summed E-state index contributed by atoms with van der Waals surface area (Å²) >= 11 is 0. The molecule has 74 valence electrons. The number of halogens is 3. The van der Waals surface area contributed by atoms with E-state index in [9.17, 15) is 13.2 Å². The van der Waals surface area contributed by atoms with Crippen molar-refractivity contribution in [2.75, 3.05) is 5.73 Å². The number of hydrogen-bond donors (Lipinski definition) is 1. The smallest absolute Gasteiger partial charge is 0.369 e. The van der Waals surface area contributed by atoms with Crippen LogP contribution in [0.15, 0.2) is 24.3 Å². The number of alkyl halides is 3. The molecule has 14 heavy (non-hydrogen) atoms. The van der Waals surface area contributed by atoms with E-state index in [1.165, 1.54) is 18.2 Å². The van der Waals surface area contributed by atoms with Crippen LogP contribution in [0.1, 0.15) is 0 Å². The Labute approximate surface area is 77.0 Å². The lowest BCUT2D eigenvalue weighted by Gasteiger charge is -2.09. The summed E-state index contributed by atoms with van der Waals surface area (Å²) < 4.78 is 37.4. The predicted octanol–water partition coefficient (Wildman–Crippen LogP) is 2.09. The first-order valence-electron chi connectivity index (χ1n) is 3.80. The molecule has 1 aromatic heterocycles. The van der Waals surface area contributed by atoms with Crippen LogP contribution in [0, 0.1) is 0 Å². The highest BCUT2D eigenvalue weighted by Crippen LogP contribution is 2.30. The van der Waals surface area contributed by atoms with E-state index in [1.807, 2.05) is 0 Å². The van der Waals surface area contributed by atoms with Gasteiger partial charge in [-0.1, -0.05) is 12.1 Å². The Morgan fingerprint density at radius 3 is 2.50 bits per heavy atom. The molecule has 0 unspecified atom stereocenters. The number of fused-ring (bicyclic) bond motifs is 1. The molecule has 0 aliphatic heterocycles. The van der Waals surface area contributed by atoms with Crippen molar-refractivity contribution in [2.24, 2.45) is 0 Å².